The van der Waals surface area contributed by atoms with Crippen LogP contribution in [0.15, 0.2) is 47.9 Å². The summed E-state index contributed by atoms with van der Waals surface area (Å²) in [6.07, 6.45) is 2.02. The van der Waals surface area contributed by atoms with E-state index in [4.69, 9.17) is 4.74 Å². The molecule has 0 N–H and O–H groups in total. The average Bonchev–Trinajstić information content (AvgIpc) is 2.81. The number of benzene rings is 1. The summed E-state index contributed by atoms with van der Waals surface area (Å²) < 4.78 is 10.3. The van der Waals surface area contributed by atoms with Crippen molar-refractivity contribution in [3.63, 3.8) is 0 Å². The summed E-state index contributed by atoms with van der Waals surface area (Å²) in [5.41, 5.74) is 1.83. The van der Waals surface area contributed by atoms with E-state index < -0.39 is 5.97 Å². The number of hydrogen-bond acceptors (Lipinski definition) is 4. The van der Waals surface area contributed by atoms with Crippen LogP contribution < -0.4 is 0 Å². The van der Waals surface area contributed by atoms with Gasteiger partial charge in [0, 0.05) is 12.6 Å². The topological polar surface area (TPSA) is 55.8 Å². The van der Waals surface area contributed by atoms with Gasteiger partial charge in [0.05, 0.1) is 24.9 Å². The molecule has 0 aliphatic carbocycles. The van der Waals surface area contributed by atoms with E-state index in [2.05, 4.69) is 4.74 Å². The van der Waals surface area contributed by atoms with E-state index >= 15 is 0 Å². The molecule has 1 fully saturated rings. The number of rotatable bonds is 2. The minimum absolute atomic E-state index is 0.214. The van der Waals surface area contributed by atoms with Crippen LogP contribution in [0.3, 0.4) is 0 Å². The highest BCUT2D eigenvalue weighted by Gasteiger charge is 2.39. The maximum absolute atomic E-state index is 12.5. The minimum atomic E-state index is -0.549. The third kappa shape index (κ3) is 2.31. The highest BCUT2D eigenvalue weighted by Crippen LogP contribution is 2.38. The van der Waals surface area contributed by atoms with E-state index in [0.29, 0.717) is 30.2 Å². The number of esters is 1. The maximum atomic E-state index is 12.5. The molecule has 1 saturated heterocycles. The quantitative estimate of drug-likeness (QED) is 0.613. The lowest BCUT2D eigenvalue weighted by molar-refractivity contribution is -0.135. The summed E-state index contributed by atoms with van der Waals surface area (Å²) in [5.74, 6) is -0.228. The Morgan fingerprint density at radius 1 is 1.33 bits per heavy atom. The molecule has 1 aromatic carbocycles. The molecule has 5 nitrogen and oxygen atoms in total. The first-order valence-corrected chi connectivity index (χ1v) is 6.76. The molecule has 2 heterocycles. The molecular weight excluding hydrogens is 270 g/mol. The van der Waals surface area contributed by atoms with Gasteiger partial charge in [-0.2, -0.15) is 0 Å². The number of carbonyl (C=O) groups is 2. The van der Waals surface area contributed by atoms with Gasteiger partial charge in [-0.1, -0.05) is 30.3 Å². The molecule has 0 unspecified atom stereocenters. The third-order valence-corrected chi connectivity index (χ3v) is 3.49. The van der Waals surface area contributed by atoms with Gasteiger partial charge in [-0.25, -0.2) is 4.79 Å². The standard InChI is InChI=1S/C16H15NO4/c1-20-13(18)10-12-14(11-6-3-2-4-7-11)16-17(15(12)19)8-5-9-21-16/h2-4,6-7,10H,5,8-9H2,1H3/b12-10+. The zero-order valence-electron chi connectivity index (χ0n) is 11.7. The second-order valence-electron chi connectivity index (χ2n) is 4.79. The van der Waals surface area contributed by atoms with Crippen LogP contribution >= 0.6 is 0 Å². The molecule has 1 amide bonds. The van der Waals surface area contributed by atoms with Crippen molar-refractivity contribution in [2.24, 2.45) is 0 Å². The van der Waals surface area contributed by atoms with Crippen LogP contribution in [0.2, 0.25) is 0 Å². The summed E-state index contributed by atoms with van der Waals surface area (Å²) in [7, 11) is 1.29. The van der Waals surface area contributed by atoms with E-state index in [-0.39, 0.29) is 5.91 Å². The molecule has 0 bridgehead atoms. The lowest BCUT2D eigenvalue weighted by atomic mass is 10.00. The Balaban J connectivity index is 2.15. The fourth-order valence-electron chi connectivity index (χ4n) is 2.53. The lowest BCUT2D eigenvalue weighted by Crippen LogP contribution is -2.32. The monoisotopic (exact) mass is 285 g/mol. The van der Waals surface area contributed by atoms with Crippen LogP contribution in [0.1, 0.15) is 12.0 Å². The van der Waals surface area contributed by atoms with Gasteiger partial charge in [-0.05, 0) is 12.0 Å². The van der Waals surface area contributed by atoms with Crippen LogP contribution in [0.4, 0.5) is 0 Å². The Morgan fingerprint density at radius 3 is 2.81 bits per heavy atom. The van der Waals surface area contributed by atoms with Crippen molar-refractivity contribution in [1.82, 2.24) is 4.90 Å². The van der Waals surface area contributed by atoms with Crippen LogP contribution in [0.5, 0.6) is 0 Å². The van der Waals surface area contributed by atoms with E-state index in [1.54, 1.807) is 4.90 Å². The van der Waals surface area contributed by atoms with Gasteiger partial charge >= 0.3 is 5.97 Å². The first-order valence-electron chi connectivity index (χ1n) is 6.76. The molecule has 3 rings (SSSR count). The average molecular weight is 285 g/mol. The number of nitrogens with zero attached hydrogens (tertiary/aromatic N) is 1. The number of amides is 1. The third-order valence-electron chi connectivity index (χ3n) is 3.49. The molecule has 1 aromatic rings. The molecule has 0 atom stereocenters. The number of carbonyl (C=O) groups excluding carboxylic acids is 2. The van der Waals surface area contributed by atoms with Crippen LogP contribution in [0, 0.1) is 0 Å². The van der Waals surface area contributed by atoms with Crippen LogP contribution in [-0.4, -0.2) is 37.0 Å². The number of fused-ring (bicyclic) bond motifs is 1. The highest BCUT2D eigenvalue weighted by atomic mass is 16.5. The molecule has 5 heteroatoms. The molecule has 2 aliphatic rings. The Hall–Kier alpha value is -2.56. The summed E-state index contributed by atoms with van der Waals surface area (Å²) >= 11 is 0. The lowest BCUT2D eigenvalue weighted by Gasteiger charge is -2.25. The van der Waals surface area contributed by atoms with E-state index in [0.717, 1.165) is 12.0 Å². The van der Waals surface area contributed by atoms with Gasteiger partial charge in [0.2, 0.25) is 5.88 Å². The summed E-state index contributed by atoms with van der Waals surface area (Å²) in [4.78, 5) is 25.7. The molecule has 0 saturated carbocycles. The Bertz CT molecular complexity index is 646. The Morgan fingerprint density at radius 2 is 2.10 bits per heavy atom. The van der Waals surface area contributed by atoms with Gasteiger partial charge in [0.1, 0.15) is 0 Å². The van der Waals surface area contributed by atoms with E-state index in [1.165, 1.54) is 13.2 Å². The van der Waals surface area contributed by atoms with Crippen LogP contribution in [0.25, 0.3) is 5.57 Å². The van der Waals surface area contributed by atoms with E-state index in [1.807, 2.05) is 30.3 Å². The van der Waals surface area contributed by atoms with Crippen molar-refractivity contribution in [2.75, 3.05) is 20.3 Å². The predicted molar refractivity (Wildman–Crippen MR) is 75.7 cm³/mol. The fourth-order valence-corrected chi connectivity index (χ4v) is 2.53. The summed E-state index contributed by atoms with van der Waals surface area (Å²) in [6.45, 7) is 1.17. The molecule has 0 spiro atoms. The van der Waals surface area contributed by atoms with Gasteiger partial charge in [0.25, 0.3) is 5.91 Å². The van der Waals surface area contributed by atoms with Crippen molar-refractivity contribution in [2.45, 2.75) is 6.42 Å². The smallest absolute Gasteiger partial charge is 0.331 e. The second kappa shape index (κ2) is 5.44. The SMILES string of the molecule is COC(=O)/C=C1/C(=O)N2CCCOC2=C1c1ccccc1. The molecular formula is C16H15NO4. The van der Waals surface area contributed by atoms with Crippen molar-refractivity contribution >= 4 is 17.4 Å². The van der Waals surface area contributed by atoms with Gasteiger partial charge in [0.15, 0.2) is 0 Å². The van der Waals surface area contributed by atoms with Crippen molar-refractivity contribution in [3.8, 4) is 0 Å². The van der Waals surface area contributed by atoms with Crippen molar-refractivity contribution in [3.05, 3.63) is 53.4 Å². The summed E-state index contributed by atoms with van der Waals surface area (Å²) in [6, 6.07) is 9.45. The highest BCUT2D eigenvalue weighted by molar-refractivity contribution is 6.17. The molecule has 21 heavy (non-hydrogen) atoms. The predicted octanol–water partition coefficient (Wildman–Crippen LogP) is 1.72. The normalized spacial score (nSPS) is 19.6. The van der Waals surface area contributed by atoms with Gasteiger partial charge in [-0.3, -0.25) is 9.69 Å². The van der Waals surface area contributed by atoms with Gasteiger partial charge in [-0.15, -0.1) is 0 Å². The summed E-state index contributed by atoms with van der Waals surface area (Å²) in [5, 5.41) is 0. The zero-order chi connectivity index (χ0) is 14.8. The first-order chi connectivity index (χ1) is 10.2. The zero-order valence-corrected chi connectivity index (χ0v) is 11.7. The Kier molecular flexibility index (Phi) is 3.48. The minimum Gasteiger partial charge on any atom is -0.478 e. The molecule has 0 radical (unpaired) electrons. The number of hydrogen-bond donors (Lipinski definition) is 0. The van der Waals surface area contributed by atoms with Crippen molar-refractivity contribution in [1.29, 1.82) is 0 Å². The van der Waals surface area contributed by atoms with Crippen molar-refractivity contribution < 1.29 is 19.1 Å². The Labute approximate surface area is 122 Å². The molecule has 2 aliphatic heterocycles. The second-order valence-corrected chi connectivity index (χ2v) is 4.79. The molecule has 0 aromatic heterocycles. The number of methoxy groups -OCH3 is 1. The largest absolute Gasteiger partial charge is 0.478 e. The maximum Gasteiger partial charge on any atom is 0.331 e. The number of ether oxygens (including phenoxy) is 2. The fraction of sp³-hybridized carbons (Fsp3) is 0.250. The molecule has 108 valence electrons. The first kappa shape index (κ1) is 13.4. The van der Waals surface area contributed by atoms with E-state index in [9.17, 15) is 9.59 Å². The van der Waals surface area contributed by atoms with Crippen LogP contribution in [-0.2, 0) is 19.1 Å². The van der Waals surface area contributed by atoms with Gasteiger partial charge < -0.3 is 9.47 Å².